The van der Waals surface area contributed by atoms with Crippen LogP contribution in [0.15, 0.2) is 78.9 Å². The van der Waals surface area contributed by atoms with Gasteiger partial charge in [0.2, 0.25) is 0 Å². The Balaban J connectivity index is 1.60. The molecule has 3 aromatic carbocycles. The molecule has 0 unspecified atom stereocenters. The first-order chi connectivity index (χ1) is 12.3. The predicted molar refractivity (Wildman–Crippen MR) is 101 cm³/mol. The lowest BCUT2D eigenvalue weighted by atomic mass is 10.2. The van der Waals surface area contributed by atoms with Gasteiger partial charge < -0.3 is 15.4 Å². The van der Waals surface area contributed by atoms with Gasteiger partial charge >= 0.3 is 0 Å². The Hall–Kier alpha value is -3.27. The summed E-state index contributed by atoms with van der Waals surface area (Å²) >= 11 is 0. The lowest BCUT2D eigenvalue weighted by Crippen LogP contribution is -2.11. The Kier molecular flexibility index (Phi) is 5.32. The number of amides is 1. The van der Waals surface area contributed by atoms with Gasteiger partial charge in [-0.25, -0.2) is 0 Å². The van der Waals surface area contributed by atoms with Crippen molar-refractivity contribution in [1.29, 1.82) is 0 Å². The Bertz CT molecular complexity index is 830. The maximum atomic E-state index is 12.1. The molecule has 4 nitrogen and oxygen atoms in total. The van der Waals surface area contributed by atoms with Crippen molar-refractivity contribution in [3.8, 4) is 5.75 Å². The van der Waals surface area contributed by atoms with Crippen LogP contribution in [0.4, 0.5) is 11.4 Å². The second-order valence-electron chi connectivity index (χ2n) is 5.56. The van der Waals surface area contributed by atoms with Gasteiger partial charge in [0.25, 0.3) is 5.91 Å². The van der Waals surface area contributed by atoms with Crippen LogP contribution in [0.5, 0.6) is 5.75 Å². The standard InChI is InChI=1S/C21H20N2O2/c1-25-20-10-6-5-9-17(20)15-22-18-11-13-19(14-12-18)23-21(24)16-7-3-2-4-8-16/h2-14,22H,15H2,1H3,(H,23,24). The topological polar surface area (TPSA) is 50.4 Å². The highest BCUT2D eigenvalue weighted by Crippen LogP contribution is 2.20. The third kappa shape index (κ3) is 4.38. The summed E-state index contributed by atoms with van der Waals surface area (Å²) in [5.74, 6) is 0.747. The van der Waals surface area contributed by atoms with E-state index in [0.717, 1.165) is 22.7 Å². The van der Waals surface area contributed by atoms with E-state index in [-0.39, 0.29) is 5.91 Å². The first-order valence-corrected chi connectivity index (χ1v) is 8.08. The van der Waals surface area contributed by atoms with E-state index in [4.69, 9.17) is 4.74 Å². The SMILES string of the molecule is COc1ccccc1CNc1ccc(NC(=O)c2ccccc2)cc1. The zero-order chi connectivity index (χ0) is 17.5. The van der Waals surface area contributed by atoms with E-state index in [1.165, 1.54) is 0 Å². The number of hydrogen-bond donors (Lipinski definition) is 2. The second kappa shape index (κ2) is 8.02. The molecule has 0 bridgehead atoms. The summed E-state index contributed by atoms with van der Waals surface area (Å²) < 4.78 is 5.35. The van der Waals surface area contributed by atoms with Gasteiger partial charge in [-0.1, -0.05) is 36.4 Å². The van der Waals surface area contributed by atoms with E-state index < -0.39 is 0 Å². The van der Waals surface area contributed by atoms with Gasteiger partial charge in [-0.3, -0.25) is 4.79 Å². The highest BCUT2D eigenvalue weighted by molar-refractivity contribution is 6.04. The Morgan fingerprint density at radius 3 is 2.20 bits per heavy atom. The number of para-hydroxylation sites is 1. The van der Waals surface area contributed by atoms with Crippen molar-refractivity contribution >= 4 is 17.3 Å². The van der Waals surface area contributed by atoms with Crippen molar-refractivity contribution in [2.75, 3.05) is 17.7 Å². The number of rotatable bonds is 6. The second-order valence-corrected chi connectivity index (χ2v) is 5.56. The van der Waals surface area contributed by atoms with Crippen LogP contribution in [0.2, 0.25) is 0 Å². The summed E-state index contributed by atoms with van der Waals surface area (Å²) in [7, 11) is 1.67. The number of carbonyl (C=O) groups excluding carboxylic acids is 1. The molecule has 2 N–H and O–H groups in total. The minimum absolute atomic E-state index is 0.115. The summed E-state index contributed by atoms with van der Waals surface area (Å²) in [5.41, 5.74) is 3.47. The van der Waals surface area contributed by atoms with E-state index >= 15 is 0 Å². The molecule has 0 aromatic heterocycles. The van der Waals surface area contributed by atoms with Crippen LogP contribution >= 0.6 is 0 Å². The van der Waals surface area contributed by atoms with Crippen LogP contribution < -0.4 is 15.4 Å². The number of methoxy groups -OCH3 is 1. The number of anilines is 2. The molecule has 0 saturated heterocycles. The van der Waals surface area contributed by atoms with Gasteiger partial charge in [0.1, 0.15) is 5.75 Å². The van der Waals surface area contributed by atoms with Crippen LogP contribution in [-0.2, 0) is 6.54 Å². The van der Waals surface area contributed by atoms with Crippen LogP contribution in [0.3, 0.4) is 0 Å². The average molecular weight is 332 g/mol. The normalized spacial score (nSPS) is 10.1. The van der Waals surface area contributed by atoms with Crippen LogP contribution in [0, 0.1) is 0 Å². The lowest BCUT2D eigenvalue weighted by Gasteiger charge is -2.11. The molecule has 3 aromatic rings. The average Bonchev–Trinajstić information content (AvgIpc) is 2.68. The predicted octanol–water partition coefficient (Wildman–Crippen LogP) is 4.56. The number of benzene rings is 3. The van der Waals surface area contributed by atoms with Gasteiger partial charge in [-0.05, 0) is 42.5 Å². The fourth-order valence-corrected chi connectivity index (χ4v) is 2.51. The fraction of sp³-hybridized carbons (Fsp3) is 0.0952. The van der Waals surface area contributed by atoms with Crippen molar-refractivity contribution in [3.05, 3.63) is 90.0 Å². The van der Waals surface area contributed by atoms with Gasteiger partial charge in [0.15, 0.2) is 0 Å². The van der Waals surface area contributed by atoms with Gasteiger partial charge in [0.05, 0.1) is 7.11 Å². The molecule has 4 heteroatoms. The zero-order valence-corrected chi connectivity index (χ0v) is 14.0. The highest BCUT2D eigenvalue weighted by Gasteiger charge is 2.05. The molecule has 0 aliphatic carbocycles. The molecule has 0 radical (unpaired) electrons. The van der Waals surface area contributed by atoms with Gasteiger partial charge in [-0.2, -0.15) is 0 Å². The van der Waals surface area contributed by atoms with Crippen molar-refractivity contribution in [2.24, 2.45) is 0 Å². The highest BCUT2D eigenvalue weighted by atomic mass is 16.5. The van der Waals surface area contributed by atoms with Crippen LogP contribution in [0.1, 0.15) is 15.9 Å². The Morgan fingerprint density at radius 1 is 0.840 bits per heavy atom. The van der Waals surface area contributed by atoms with E-state index in [0.29, 0.717) is 12.1 Å². The first-order valence-electron chi connectivity index (χ1n) is 8.08. The minimum atomic E-state index is -0.115. The molecule has 126 valence electrons. The van der Waals surface area contributed by atoms with E-state index in [1.807, 2.05) is 66.7 Å². The monoisotopic (exact) mass is 332 g/mol. The summed E-state index contributed by atoms with van der Waals surface area (Å²) in [6, 6.07) is 24.7. The number of carbonyl (C=O) groups is 1. The van der Waals surface area contributed by atoms with Crippen molar-refractivity contribution < 1.29 is 9.53 Å². The molecule has 0 spiro atoms. The molecule has 3 rings (SSSR count). The van der Waals surface area contributed by atoms with Crippen molar-refractivity contribution in [1.82, 2.24) is 0 Å². The van der Waals surface area contributed by atoms with E-state index in [9.17, 15) is 4.79 Å². The third-order valence-corrected chi connectivity index (χ3v) is 3.85. The summed E-state index contributed by atoms with van der Waals surface area (Å²) in [6.45, 7) is 0.666. The molecule has 25 heavy (non-hydrogen) atoms. The molecule has 0 fully saturated rings. The van der Waals surface area contributed by atoms with Gasteiger partial charge in [0, 0.05) is 29.0 Å². The molecule has 0 saturated carbocycles. The molecule has 0 aliphatic heterocycles. The molecular weight excluding hydrogens is 312 g/mol. The number of nitrogens with one attached hydrogen (secondary N) is 2. The van der Waals surface area contributed by atoms with Crippen LogP contribution in [-0.4, -0.2) is 13.0 Å². The number of hydrogen-bond acceptors (Lipinski definition) is 3. The maximum absolute atomic E-state index is 12.1. The summed E-state index contributed by atoms with van der Waals surface area (Å²) in [5, 5.41) is 6.25. The zero-order valence-electron chi connectivity index (χ0n) is 14.0. The summed E-state index contributed by atoms with van der Waals surface area (Å²) in [6.07, 6.45) is 0. The number of ether oxygens (including phenoxy) is 1. The fourth-order valence-electron chi connectivity index (χ4n) is 2.51. The largest absolute Gasteiger partial charge is 0.496 e. The smallest absolute Gasteiger partial charge is 0.255 e. The van der Waals surface area contributed by atoms with Crippen LogP contribution in [0.25, 0.3) is 0 Å². The molecule has 1 amide bonds. The van der Waals surface area contributed by atoms with Crippen molar-refractivity contribution in [3.63, 3.8) is 0 Å². The summed E-state index contributed by atoms with van der Waals surface area (Å²) in [4.78, 5) is 12.1. The van der Waals surface area contributed by atoms with E-state index in [1.54, 1.807) is 19.2 Å². The molecule has 0 aliphatic rings. The third-order valence-electron chi connectivity index (χ3n) is 3.85. The maximum Gasteiger partial charge on any atom is 0.255 e. The minimum Gasteiger partial charge on any atom is -0.496 e. The lowest BCUT2D eigenvalue weighted by molar-refractivity contribution is 0.102. The molecule has 0 atom stereocenters. The molecular formula is C21H20N2O2. The Labute approximate surface area is 147 Å². The van der Waals surface area contributed by atoms with Crippen molar-refractivity contribution in [2.45, 2.75) is 6.54 Å². The van der Waals surface area contributed by atoms with E-state index in [2.05, 4.69) is 10.6 Å². The Morgan fingerprint density at radius 2 is 1.48 bits per heavy atom. The first kappa shape index (κ1) is 16.6. The van der Waals surface area contributed by atoms with Gasteiger partial charge in [-0.15, -0.1) is 0 Å². The quantitative estimate of drug-likeness (QED) is 0.696. The molecule has 0 heterocycles.